The number of piperazine rings is 1. The molecule has 1 aromatic carbocycles. The normalized spacial score (nSPS) is 18.1. The Morgan fingerprint density at radius 1 is 1.36 bits per heavy atom. The third kappa shape index (κ3) is 3.09. The first-order valence-corrected chi connectivity index (χ1v) is 6.74. The molecule has 22 heavy (non-hydrogen) atoms. The number of hydrogen-bond acceptors (Lipinski definition) is 4. The summed E-state index contributed by atoms with van der Waals surface area (Å²) in [6, 6.07) is 8.28. The van der Waals surface area contributed by atoms with Crippen LogP contribution in [0.2, 0.25) is 0 Å². The molecule has 0 aromatic heterocycles. The van der Waals surface area contributed by atoms with Crippen LogP contribution in [0.15, 0.2) is 30.3 Å². The first-order chi connectivity index (χ1) is 10.6. The Balaban J connectivity index is 2.23. The van der Waals surface area contributed by atoms with E-state index in [0.717, 1.165) is 17.6 Å². The molecule has 2 rings (SSSR count). The third-order valence-corrected chi connectivity index (χ3v) is 3.40. The van der Waals surface area contributed by atoms with Crippen molar-refractivity contribution >= 4 is 17.9 Å². The van der Waals surface area contributed by atoms with E-state index in [4.69, 9.17) is 6.42 Å². The number of rotatable bonds is 3. The monoisotopic (exact) mass is 300 g/mol. The predicted octanol–water partition coefficient (Wildman–Crippen LogP) is 1.02. The molecule has 1 heterocycles. The minimum Gasteiger partial charge on any atom is -0.452 e. The number of amides is 3. The zero-order valence-corrected chi connectivity index (χ0v) is 12.2. The fourth-order valence-corrected chi connectivity index (χ4v) is 2.37. The van der Waals surface area contributed by atoms with Gasteiger partial charge >= 0.3 is 6.09 Å². The van der Waals surface area contributed by atoms with Crippen LogP contribution in [0, 0.1) is 12.3 Å². The van der Waals surface area contributed by atoms with Crippen molar-refractivity contribution in [3.8, 4) is 12.3 Å². The van der Waals surface area contributed by atoms with Crippen LogP contribution in [0.5, 0.6) is 0 Å². The molecule has 1 fully saturated rings. The van der Waals surface area contributed by atoms with Gasteiger partial charge in [-0.05, 0) is 5.56 Å². The first-order valence-electron chi connectivity index (χ1n) is 6.74. The van der Waals surface area contributed by atoms with E-state index < -0.39 is 18.0 Å². The Kier molecular flexibility index (Phi) is 4.79. The molecule has 1 atom stereocenters. The summed E-state index contributed by atoms with van der Waals surface area (Å²) >= 11 is 0. The van der Waals surface area contributed by atoms with Gasteiger partial charge in [-0.2, -0.15) is 0 Å². The summed E-state index contributed by atoms with van der Waals surface area (Å²) in [6.07, 6.45) is 4.36. The van der Waals surface area contributed by atoms with Gasteiger partial charge in [0.1, 0.15) is 12.6 Å². The largest absolute Gasteiger partial charge is 0.452 e. The Morgan fingerprint density at radius 3 is 2.64 bits per heavy atom. The second-order valence-corrected chi connectivity index (χ2v) is 4.84. The van der Waals surface area contributed by atoms with Crippen LogP contribution >= 0.6 is 0 Å². The molecule has 114 valence electrons. The molecule has 0 saturated carbocycles. The molecule has 0 aliphatic carbocycles. The third-order valence-electron chi connectivity index (χ3n) is 3.40. The van der Waals surface area contributed by atoms with E-state index in [2.05, 4.69) is 10.7 Å². The van der Waals surface area contributed by atoms with Crippen molar-refractivity contribution in [2.45, 2.75) is 19.0 Å². The van der Waals surface area contributed by atoms with Crippen LogP contribution in [-0.2, 0) is 20.9 Å². The number of terminal acetylenes is 1. The van der Waals surface area contributed by atoms with Crippen molar-refractivity contribution in [2.75, 3.05) is 13.7 Å². The summed E-state index contributed by atoms with van der Waals surface area (Å²) in [5.41, 5.74) is 0.898. The summed E-state index contributed by atoms with van der Waals surface area (Å²) in [5.74, 6) is 1.48. The molecular weight excluding hydrogens is 284 g/mol. The number of methoxy groups -OCH3 is 1. The molecule has 0 spiro atoms. The molecule has 0 radical (unpaired) electrons. The van der Waals surface area contributed by atoms with Crippen LogP contribution in [0.3, 0.4) is 0 Å². The van der Waals surface area contributed by atoms with E-state index >= 15 is 0 Å². The lowest BCUT2D eigenvalue weighted by Crippen LogP contribution is -2.61. The highest BCUT2D eigenvalue weighted by Gasteiger charge is 2.42. The van der Waals surface area contributed by atoms with Gasteiger partial charge in [0.05, 0.1) is 7.11 Å². The van der Waals surface area contributed by atoms with Crippen LogP contribution in [-0.4, -0.2) is 47.4 Å². The molecule has 0 N–H and O–H groups in total. The average Bonchev–Trinajstić information content (AvgIpc) is 2.52. The Bertz CT molecular complexity index is 621. The molecule has 6 heteroatoms. The lowest BCUT2D eigenvalue weighted by atomic mass is 10.1. The first kappa shape index (κ1) is 15.6. The lowest BCUT2D eigenvalue weighted by Gasteiger charge is -2.37. The Labute approximate surface area is 128 Å². The van der Waals surface area contributed by atoms with Gasteiger partial charge in [0.15, 0.2) is 0 Å². The molecule has 1 aliphatic rings. The van der Waals surface area contributed by atoms with Crippen LogP contribution < -0.4 is 0 Å². The average molecular weight is 300 g/mol. The van der Waals surface area contributed by atoms with E-state index in [1.165, 1.54) is 4.90 Å². The minimum atomic E-state index is -1.01. The molecular formula is C16H16N2O4. The molecule has 1 saturated heterocycles. The summed E-state index contributed by atoms with van der Waals surface area (Å²) in [7, 11) is 1.16. The van der Waals surface area contributed by atoms with E-state index in [9.17, 15) is 14.4 Å². The Morgan fingerprint density at radius 2 is 2.05 bits per heavy atom. The van der Waals surface area contributed by atoms with Gasteiger partial charge in [-0.25, -0.2) is 9.69 Å². The van der Waals surface area contributed by atoms with Gasteiger partial charge in [0.25, 0.3) is 5.91 Å². The van der Waals surface area contributed by atoms with Crippen LogP contribution in [0.25, 0.3) is 0 Å². The quantitative estimate of drug-likeness (QED) is 0.782. The highest BCUT2D eigenvalue weighted by atomic mass is 16.5. The maximum absolute atomic E-state index is 12.5. The van der Waals surface area contributed by atoms with Crippen molar-refractivity contribution in [3.63, 3.8) is 0 Å². The molecule has 6 nitrogen and oxygen atoms in total. The zero-order chi connectivity index (χ0) is 16.1. The fraction of sp³-hybridized carbons (Fsp3) is 0.312. The summed E-state index contributed by atoms with van der Waals surface area (Å²) in [6.45, 7) is 0.116. The van der Waals surface area contributed by atoms with Gasteiger partial charge < -0.3 is 9.64 Å². The SMILES string of the molecule is C#CCC1C(=O)N(Cc2ccccc2)CC(=O)N1C(=O)OC. The summed E-state index contributed by atoms with van der Waals surface area (Å²) < 4.78 is 4.57. The van der Waals surface area contributed by atoms with E-state index in [1.54, 1.807) is 0 Å². The van der Waals surface area contributed by atoms with Crippen LogP contribution in [0.4, 0.5) is 4.79 Å². The van der Waals surface area contributed by atoms with Crippen molar-refractivity contribution < 1.29 is 19.1 Å². The molecule has 1 aliphatic heterocycles. The highest BCUT2D eigenvalue weighted by Crippen LogP contribution is 2.18. The predicted molar refractivity (Wildman–Crippen MR) is 78.3 cm³/mol. The van der Waals surface area contributed by atoms with Gasteiger partial charge in [-0.15, -0.1) is 12.3 Å². The van der Waals surface area contributed by atoms with Gasteiger partial charge in [0.2, 0.25) is 5.91 Å². The van der Waals surface area contributed by atoms with Crippen molar-refractivity contribution in [1.29, 1.82) is 0 Å². The second kappa shape index (κ2) is 6.76. The molecule has 0 bridgehead atoms. The van der Waals surface area contributed by atoms with Gasteiger partial charge in [-0.3, -0.25) is 9.59 Å². The Hall–Kier alpha value is -2.81. The maximum Gasteiger partial charge on any atom is 0.417 e. The topological polar surface area (TPSA) is 66.9 Å². The smallest absolute Gasteiger partial charge is 0.417 e. The molecule has 3 amide bonds. The van der Waals surface area contributed by atoms with Crippen LogP contribution in [0.1, 0.15) is 12.0 Å². The number of hydrogen-bond donors (Lipinski definition) is 0. The second-order valence-electron chi connectivity index (χ2n) is 4.84. The molecule has 1 unspecified atom stereocenters. The summed E-state index contributed by atoms with van der Waals surface area (Å²) in [5, 5.41) is 0. The highest BCUT2D eigenvalue weighted by molar-refractivity contribution is 6.03. The molecule has 1 aromatic rings. The zero-order valence-electron chi connectivity index (χ0n) is 12.2. The number of carbonyl (C=O) groups excluding carboxylic acids is 3. The van der Waals surface area contributed by atoms with Gasteiger partial charge in [-0.1, -0.05) is 30.3 Å². The van der Waals surface area contributed by atoms with E-state index in [1.807, 2.05) is 30.3 Å². The number of benzene rings is 1. The number of nitrogens with zero attached hydrogens (tertiary/aromatic N) is 2. The number of ether oxygens (including phenoxy) is 1. The van der Waals surface area contributed by atoms with Crippen molar-refractivity contribution in [1.82, 2.24) is 9.80 Å². The number of carbonyl (C=O) groups is 3. The minimum absolute atomic E-state index is 0.0367. The lowest BCUT2D eigenvalue weighted by molar-refractivity contribution is -0.154. The van der Waals surface area contributed by atoms with Gasteiger partial charge in [0, 0.05) is 13.0 Å². The summed E-state index contributed by atoms with van der Waals surface area (Å²) in [4.78, 5) is 38.6. The maximum atomic E-state index is 12.5. The van der Waals surface area contributed by atoms with E-state index in [-0.39, 0.29) is 18.9 Å². The van der Waals surface area contributed by atoms with Crippen molar-refractivity contribution in [2.24, 2.45) is 0 Å². The van der Waals surface area contributed by atoms with E-state index in [0.29, 0.717) is 6.54 Å². The van der Waals surface area contributed by atoms with Crippen molar-refractivity contribution in [3.05, 3.63) is 35.9 Å². The number of imide groups is 1. The standard InChI is InChI=1S/C16H16N2O4/c1-3-7-13-15(20)17(10-12-8-5-4-6-9-12)11-14(19)18(13)16(21)22-2/h1,4-6,8-9,13H,7,10-11H2,2H3. The fourth-order valence-electron chi connectivity index (χ4n) is 2.37.